The molecular formula is C24H28FN7O. The second-order valence-corrected chi connectivity index (χ2v) is 9.12. The highest BCUT2D eigenvalue weighted by atomic mass is 19.1. The van der Waals surface area contributed by atoms with E-state index in [-0.39, 0.29) is 5.82 Å². The third-order valence-corrected chi connectivity index (χ3v) is 7.13. The van der Waals surface area contributed by atoms with Gasteiger partial charge in [-0.25, -0.2) is 19.3 Å². The summed E-state index contributed by atoms with van der Waals surface area (Å²) < 4.78 is 22.1. The van der Waals surface area contributed by atoms with E-state index in [0.717, 1.165) is 72.8 Å². The van der Waals surface area contributed by atoms with Crippen molar-refractivity contribution in [1.29, 1.82) is 0 Å². The number of ether oxygens (including phenoxy) is 1. The topological polar surface area (TPSA) is 83.4 Å². The number of nitrogens with zero attached hydrogens (tertiary/aromatic N) is 5. The van der Waals surface area contributed by atoms with Crippen LogP contribution in [0.4, 0.5) is 10.2 Å². The van der Waals surface area contributed by atoms with Crippen LogP contribution in [0.1, 0.15) is 31.4 Å². The van der Waals surface area contributed by atoms with Crippen LogP contribution in [-0.2, 0) is 4.74 Å². The Hall–Kier alpha value is -3.04. The van der Waals surface area contributed by atoms with Gasteiger partial charge in [-0.1, -0.05) is 0 Å². The van der Waals surface area contributed by atoms with E-state index < -0.39 is 0 Å². The van der Waals surface area contributed by atoms with Crippen molar-refractivity contribution in [3.05, 3.63) is 42.5 Å². The van der Waals surface area contributed by atoms with Gasteiger partial charge in [0.15, 0.2) is 11.5 Å². The maximum Gasteiger partial charge on any atom is 0.173 e. The lowest BCUT2D eigenvalue weighted by Crippen LogP contribution is -2.46. The van der Waals surface area contributed by atoms with Crippen LogP contribution < -0.4 is 5.32 Å². The van der Waals surface area contributed by atoms with Gasteiger partial charge >= 0.3 is 0 Å². The van der Waals surface area contributed by atoms with Crippen LogP contribution in [0, 0.1) is 12.7 Å². The van der Waals surface area contributed by atoms with Crippen LogP contribution in [0.15, 0.2) is 31.0 Å². The Balaban J connectivity index is 1.27. The van der Waals surface area contributed by atoms with Crippen molar-refractivity contribution in [2.75, 3.05) is 31.6 Å². The maximum atomic E-state index is 14.8. The molecule has 0 unspecified atom stereocenters. The van der Waals surface area contributed by atoms with Crippen molar-refractivity contribution in [3.8, 4) is 11.1 Å². The summed E-state index contributed by atoms with van der Waals surface area (Å²) in [6.45, 7) is 5.69. The molecule has 0 radical (unpaired) electrons. The fraction of sp³-hybridized carbons (Fsp3) is 0.458. The number of morpholine rings is 1. The number of imidazole rings is 1. The number of aromatic nitrogens is 5. The number of pyridine rings is 1. The van der Waals surface area contributed by atoms with Crippen molar-refractivity contribution in [3.63, 3.8) is 0 Å². The molecule has 2 fully saturated rings. The predicted octanol–water partition coefficient (Wildman–Crippen LogP) is 3.78. The zero-order valence-corrected chi connectivity index (χ0v) is 18.7. The summed E-state index contributed by atoms with van der Waals surface area (Å²) in [4.78, 5) is 19.0. The quantitative estimate of drug-likeness (QED) is 0.493. The number of nitrogens with one attached hydrogen (secondary N) is 2. The SMILES string of the molecule is Cc1cnc2c(F)cc(-c3c[nH]c4ncnc(N[C@H]5CC[C@H](N6CCOCC6)CC5)c34)cn12. The Labute approximate surface area is 191 Å². The number of H-pyrrole nitrogens is 1. The number of halogens is 1. The van der Waals surface area contributed by atoms with E-state index in [0.29, 0.717) is 17.7 Å². The summed E-state index contributed by atoms with van der Waals surface area (Å²) in [5.41, 5.74) is 3.61. The van der Waals surface area contributed by atoms with Gasteiger partial charge in [0.25, 0.3) is 0 Å². The molecule has 1 saturated heterocycles. The molecule has 0 atom stereocenters. The Bertz CT molecular complexity index is 1280. The summed E-state index contributed by atoms with van der Waals surface area (Å²) in [5, 5.41) is 4.57. The minimum atomic E-state index is -0.345. The molecule has 1 aliphatic carbocycles. The first-order chi connectivity index (χ1) is 16.2. The molecule has 2 N–H and O–H groups in total. The van der Waals surface area contributed by atoms with Gasteiger partial charge in [-0.2, -0.15) is 0 Å². The van der Waals surface area contributed by atoms with Crippen molar-refractivity contribution in [1.82, 2.24) is 29.2 Å². The molecule has 5 heterocycles. The van der Waals surface area contributed by atoms with Gasteiger partial charge in [0.1, 0.15) is 17.8 Å². The highest BCUT2D eigenvalue weighted by Crippen LogP contribution is 2.34. The van der Waals surface area contributed by atoms with Crippen molar-refractivity contribution < 1.29 is 9.13 Å². The first-order valence-corrected chi connectivity index (χ1v) is 11.7. The molecule has 33 heavy (non-hydrogen) atoms. The van der Waals surface area contributed by atoms with Crippen LogP contribution in [0.2, 0.25) is 0 Å². The number of aromatic amines is 1. The molecule has 9 heteroatoms. The lowest BCUT2D eigenvalue weighted by molar-refractivity contribution is 0.00791. The second kappa shape index (κ2) is 8.39. The molecule has 0 bridgehead atoms. The molecule has 4 aromatic heterocycles. The molecule has 1 aliphatic heterocycles. The summed E-state index contributed by atoms with van der Waals surface area (Å²) in [7, 11) is 0. The van der Waals surface area contributed by atoms with E-state index >= 15 is 0 Å². The summed E-state index contributed by atoms with van der Waals surface area (Å²) in [5.74, 6) is 0.455. The average Bonchev–Trinajstić information content (AvgIpc) is 3.45. The molecule has 0 aromatic carbocycles. The molecule has 4 aromatic rings. The largest absolute Gasteiger partial charge is 0.379 e. The highest BCUT2D eigenvalue weighted by Gasteiger charge is 2.27. The lowest BCUT2D eigenvalue weighted by atomic mass is 9.90. The van der Waals surface area contributed by atoms with Crippen molar-refractivity contribution in [2.45, 2.75) is 44.7 Å². The summed E-state index contributed by atoms with van der Waals surface area (Å²) >= 11 is 0. The summed E-state index contributed by atoms with van der Waals surface area (Å²) in [6.07, 6.45) is 11.6. The fourth-order valence-electron chi connectivity index (χ4n) is 5.33. The molecular weight excluding hydrogens is 421 g/mol. The average molecular weight is 450 g/mol. The lowest BCUT2D eigenvalue weighted by Gasteiger charge is -2.39. The van der Waals surface area contributed by atoms with E-state index in [1.807, 2.05) is 19.3 Å². The minimum Gasteiger partial charge on any atom is -0.379 e. The molecule has 0 amide bonds. The van der Waals surface area contributed by atoms with Crippen LogP contribution in [0.5, 0.6) is 0 Å². The van der Waals surface area contributed by atoms with Gasteiger partial charge in [0.05, 0.1) is 18.6 Å². The van der Waals surface area contributed by atoms with Crippen LogP contribution >= 0.6 is 0 Å². The second-order valence-electron chi connectivity index (χ2n) is 9.12. The monoisotopic (exact) mass is 449 g/mol. The first kappa shape index (κ1) is 20.6. The van der Waals surface area contributed by atoms with Crippen molar-refractivity contribution in [2.24, 2.45) is 0 Å². The molecule has 8 nitrogen and oxygen atoms in total. The number of aryl methyl sites for hydroxylation is 1. The maximum absolute atomic E-state index is 14.8. The van der Waals surface area contributed by atoms with Gasteiger partial charge in [-0.3, -0.25) is 4.90 Å². The zero-order chi connectivity index (χ0) is 22.4. The van der Waals surface area contributed by atoms with Gasteiger partial charge in [0.2, 0.25) is 0 Å². The van der Waals surface area contributed by atoms with Crippen molar-refractivity contribution >= 4 is 22.5 Å². The molecule has 0 spiro atoms. The number of rotatable bonds is 4. The summed E-state index contributed by atoms with van der Waals surface area (Å²) in [6, 6.07) is 2.54. The van der Waals surface area contributed by atoms with E-state index in [9.17, 15) is 4.39 Å². The number of hydrogen-bond donors (Lipinski definition) is 2. The third kappa shape index (κ3) is 3.75. The third-order valence-electron chi connectivity index (χ3n) is 7.13. The standard InChI is InChI=1S/C24H28FN7O/c1-15-11-27-24-20(25)10-16(13-32(15)24)19-12-26-22-21(19)23(29-14-28-22)30-17-2-4-18(5-3-17)31-6-8-33-9-7-31/h10-14,17-18H,2-9H2,1H3,(H2,26,28,29,30)/t17-,18-. The molecule has 1 saturated carbocycles. The van der Waals surface area contributed by atoms with Crippen LogP contribution in [0.3, 0.4) is 0 Å². The predicted molar refractivity (Wildman–Crippen MR) is 125 cm³/mol. The normalized spacial score (nSPS) is 22.2. The molecule has 2 aliphatic rings. The van der Waals surface area contributed by atoms with E-state index in [1.165, 1.54) is 18.9 Å². The van der Waals surface area contributed by atoms with Gasteiger partial charge < -0.3 is 19.4 Å². The minimum absolute atomic E-state index is 0.336. The van der Waals surface area contributed by atoms with Gasteiger partial charge in [-0.05, 0) is 38.7 Å². The Morgan fingerprint density at radius 2 is 1.94 bits per heavy atom. The Kier molecular flexibility index (Phi) is 5.22. The van der Waals surface area contributed by atoms with Gasteiger partial charge in [-0.15, -0.1) is 0 Å². The van der Waals surface area contributed by atoms with E-state index in [1.54, 1.807) is 16.9 Å². The Morgan fingerprint density at radius 1 is 1.12 bits per heavy atom. The molecule has 172 valence electrons. The fourth-order valence-corrected chi connectivity index (χ4v) is 5.33. The molecule has 6 rings (SSSR count). The zero-order valence-electron chi connectivity index (χ0n) is 18.7. The first-order valence-electron chi connectivity index (χ1n) is 11.7. The van der Waals surface area contributed by atoms with Crippen LogP contribution in [0.25, 0.3) is 27.8 Å². The number of fused-ring (bicyclic) bond motifs is 2. The smallest absolute Gasteiger partial charge is 0.173 e. The Morgan fingerprint density at radius 3 is 2.76 bits per heavy atom. The van der Waals surface area contributed by atoms with E-state index in [4.69, 9.17) is 4.74 Å². The van der Waals surface area contributed by atoms with Crippen LogP contribution in [-0.4, -0.2) is 67.6 Å². The number of hydrogen-bond acceptors (Lipinski definition) is 6. The van der Waals surface area contributed by atoms with E-state index in [2.05, 4.69) is 30.2 Å². The number of anilines is 1. The van der Waals surface area contributed by atoms with Gasteiger partial charge in [0, 0.05) is 60.6 Å². The highest BCUT2D eigenvalue weighted by molar-refractivity contribution is 6.00.